The fourth-order valence-corrected chi connectivity index (χ4v) is 5.99. The lowest BCUT2D eigenvalue weighted by Crippen LogP contribution is -2.66. The molecule has 1 aliphatic heterocycles. The van der Waals surface area contributed by atoms with Crippen LogP contribution in [0.5, 0.6) is 0 Å². The summed E-state index contributed by atoms with van der Waals surface area (Å²) in [5.74, 6) is -0.521. The molecule has 2 heterocycles. The van der Waals surface area contributed by atoms with E-state index in [1.165, 1.54) is 29.5 Å². The molecule has 154 valence electrons. The number of nitrogens with zero attached hydrogens (tertiary/aromatic N) is 1. The SMILES string of the molecule is Cc1cc(NC(=O)c2cccc(F)c2)sc1C(=O)N(C)[C@@H]1[C@H]2CCO[C@@H]2C1(C)C. The molecule has 3 atom stereocenters. The average molecular weight is 417 g/mol. The first-order chi connectivity index (χ1) is 13.7. The molecule has 1 saturated carbocycles. The van der Waals surface area contributed by atoms with Crippen LogP contribution >= 0.6 is 11.3 Å². The van der Waals surface area contributed by atoms with E-state index >= 15 is 0 Å². The molecule has 0 radical (unpaired) electrons. The van der Waals surface area contributed by atoms with Gasteiger partial charge in [0.25, 0.3) is 11.8 Å². The van der Waals surface area contributed by atoms with E-state index in [1.54, 1.807) is 12.1 Å². The van der Waals surface area contributed by atoms with Crippen molar-refractivity contribution in [2.24, 2.45) is 11.3 Å². The van der Waals surface area contributed by atoms with E-state index in [0.717, 1.165) is 18.6 Å². The standard InChI is InChI=1S/C22H25FN2O3S/c1-12-10-16(24-20(26)13-6-5-7-14(23)11-13)29-17(12)21(27)25(4)18-15-8-9-28-19(15)22(18,2)3/h5-7,10-11,15,18-19H,8-9H2,1-4H3,(H,24,26)/t15-,18-,19+/m1/s1. The van der Waals surface area contributed by atoms with Gasteiger partial charge >= 0.3 is 0 Å². The van der Waals surface area contributed by atoms with Gasteiger partial charge in [-0.05, 0) is 43.2 Å². The predicted octanol–water partition coefficient (Wildman–Crippen LogP) is 4.33. The van der Waals surface area contributed by atoms with Gasteiger partial charge < -0.3 is 15.0 Å². The number of benzene rings is 1. The van der Waals surface area contributed by atoms with Crippen molar-refractivity contribution < 1.29 is 18.7 Å². The number of fused-ring (bicyclic) bond motifs is 1. The number of anilines is 1. The normalized spacial score (nSPS) is 24.5. The third-order valence-electron chi connectivity index (χ3n) is 6.21. The van der Waals surface area contributed by atoms with E-state index in [2.05, 4.69) is 19.2 Å². The van der Waals surface area contributed by atoms with Crippen LogP contribution in [0.25, 0.3) is 0 Å². The van der Waals surface area contributed by atoms with Crippen LogP contribution in [-0.4, -0.2) is 42.5 Å². The van der Waals surface area contributed by atoms with Crippen LogP contribution in [-0.2, 0) is 4.74 Å². The third kappa shape index (κ3) is 3.36. The molecular formula is C22H25FN2O3S. The summed E-state index contributed by atoms with van der Waals surface area (Å²) in [4.78, 5) is 28.1. The zero-order valence-electron chi connectivity index (χ0n) is 17.0. The van der Waals surface area contributed by atoms with Crippen molar-refractivity contribution in [3.8, 4) is 0 Å². The van der Waals surface area contributed by atoms with Crippen molar-refractivity contribution in [3.63, 3.8) is 0 Å². The number of carbonyl (C=O) groups is 2. The summed E-state index contributed by atoms with van der Waals surface area (Å²) in [7, 11) is 1.85. The molecule has 0 unspecified atom stereocenters. The lowest BCUT2D eigenvalue weighted by Gasteiger charge is -2.57. The minimum atomic E-state index is -0.463. The number of amides is 2. The van der Waals surface area contributed by atoms with E-state index < -0.39 is 11.7 Å². The highest BCUT2D eigenvalue weighted by Gasteiger charge is 2.61. The Balaban J connectivity index is 1.50. The van der Waals surface area contributed by atoms with Gasteiger partial charge in [-0.3, -0.25) is 9.59 Å². The van der Waals surface area contributed by atoms with Crippen LogP contribution in [0.4, 0.5) is 9.39 Å². The van der Waals surface area contributed by atoms with Gasteiger partial charge in [-0.15, -0.1) is 11.3 Å². The van der Waals surface area contributed by atoms with Crippen molar-refractivity contribution in [1.82, 2.24) is 4.90 Å². The molecule has 1 aromatic heterocycles. The molecule has 0 spiro atoms. The van der Waals surface area contributed by atoms with E-state index in [4.69, 9.17) is 4.74 Å². The van der Waals surface area contributed by atoms with Crippen molar-refractivity contribution >= 4 is 28.2 Å². The average Bonchev–Trinajstić information content (AvgIpc) is 3.26. The number of ether oxygens (including phenoxy) is 1. The number of hydrogen-bond acceptors (Lipinski definition) is 4. The van der Waals surface area contributed by atoms with Crippen LogP contribution in [0.15, 0.2) is 30.3 Å². The number of aryl methyl sites for hydroxylation is 1. The van der Waals surface area contributed by atoms with Gasteiger partial charge in [0.2, 0.25) is 0 Å². The fraction of sp³-hybridized carbons (Fsp3) is 0.455. The Labute approximate surface area is 173 Å². The number of hydrogen-bond donors (Lipinski definition) is 1. The Hall–Kier alpha value is -2.25. The second-order valence-corrected chi connectivity index (χ2v) is 9.57. The van der Waals surface area contributed by atoms with Crippen LogP contribution in [0.2, 0.25) is 0 Å². The highest BCUT2D eigenvalue weighted by molar-refractivity contribution is 7.18. The molecule has 0 bridgehead atoms. The molecule has 1 aliphatic carbocycles. The van der Waals surface area contributed by atoms with Gasteiger partial charge in [0, 0.05) is 36.6 Å². The Morgan fingerprint density at radius 2 is 2.07 bits per heavy atom. The number of rotatable bonds is 4. The quantitative estimate of drug-likeness (QED) is 0.807. The molecule has 29 heavy (non-hydrogen) atoms. The van der Waals surface area contributed by atoms with Crippen LogP contribution in [0.3, 0.4) is 0 Å². The number of thiophene rings is 1. The van der Waals surface area contributed by atoms with Gasteiger partial charge in [0.05, 0.1) is 16.0 Å². The molecule has 1 N–H and O–H groups in total. The predicted molar refractivity (Wildman–Crippen MR) is 111 cm³/mol. The second-order valence-electron chi connectivity index (χ2n) is 8.51. The summed E-state index contributed by atoms with van der Waals surface area (Å²) in [6.07, 6.45) is 1.20. The van der Waals surface area contributed by atoms with Gasteiger partial charge in [-0.25, -0.2) is 4.39 Å². The zero-order valence-corrected chi connectivity index (χ0v) is 17.8. The minimum absolute atomic E-state index is 0.0396. The molecule has 2 amide bonds. The van der Waals surface area contributed by atoms with Crippen molar-refractivity contribution in [1.29, 1.82) is 0 Å². The summed E-state index contributed by atoms with van der Waals surface area (Å²) in [6, 6.07) is 7.45. The van der Waals surface area contributed by atoms with Gasteiger partial charge in [0.15, 0.2) is 0 Å². The van der Waals surface area contributed by atoms with E-state index in [9.17, 15) is 14.0 Å². The van der Waals surface area contributed by atoms with Crippen LogP contribution in [0, 0.1) is 24.1 Å². The molecule has 1 saturated heterocycles. The Bertz CT molecular complexity index is 971. The second kappa shape index (κ2) is 7.22. The molecule has 7 heteroatoms. The molecule has 2 aromatic rings. The van der Waals surface area contributed by atoms with E-state index in [-0.39, 0.29) is 29.0 Å². The molecular weight excluding hydrogens is 391 g/mol. The Morgan fingerprint density at radius 3 is 2.79 bits per heavy atom. The topological polar surface area (TPSA) is 58.6 Å². The van der Waals surface area contributed by atoms with Crippen molar-refractivity contribution in [2.75, 3.05) is 19.0 Å². The van der Waals surface area contributed by atoms with Crippen LogP contribution in [0.1, 0.15) is 45.9 Å². The summed E-state index contributed by atoms with van der Waals surface area (Å²) in [5, 5.41) is 3.35. The summed E-state index contributed by atoms with van der Waals surface area (Å²) in [5.41, 5.74) is 0.979. The highest BCUT2D eigenvalue weighted by atomic mass is 32.1. The van der Waals surface area contributed by atoms with Crippen molar-refractivity contribution in [2.45, 2.75) is 39.3 Å². The maximum absolute atomic E-state index is 13.4. The first-order valence-electron chi connectivity index (χ1n) is 9.76. The molecule has 2 fully saturated rings. The van der Waals surface area contributed by atoms with Gasteiger partial charge in [-0.1, -0.05) is 19.9 Å². The lowest BCUT2D eigenvalue weighted by molar-refractivity contribution is -0.139. The maximum Gasteiger partial charge on any atom is 0.264 e. The Morgan fingerprint density at radius 1 is 1.31 bits per heavy atom. The smallest absolute Gasteiger partial charge is 0.264 e. The summed E-state index contributed by atoms with van der Waals surface area (Å²) in [6.45, 7) is 6.92. The first-order valence-corrected chi connectivity index (χ1v) is 10.6. The molecule has 2 aliphatic rings. The maximum atomic E-state index is 13.4. The van der Waals surface area contributed by atoms with Crippen LogP contribution < -0.4 is 5.32 Å². The van der Waals surface area contributed by atoms with Gasteiger partial charge in [0.1, 0.15) is 5.82 Å². The largest absolute Gasteiger partial charge is 0.377 e. The van der Waals surface area contributed by atoms with E-state index in [1.807, 2.05) is 18.9 Å². The fourth-order valence-electron chi connectivity index (χ4n) is 4.94. The highest BCUT2D eigenvalue weighted by Crippen LogP contribution is 2.54. The number of nitrogens with one attached hydrogen (secondary N) is 1. The van der Waals surface area contributed by atoms with Crippen molar-refractivity contribution in [3.05, 3.63) is 52.2 Å². The Kier molecular flexibility index (Phi) is 4.99. The first kappa shape index (κ1) is 20.0. The summed E-state index contributed by atoms with van der Waals surface area (Å²) < 4.78 is 19.2. The molecule has 5 nitrogen and oxygen atoms in total. The summed E-state index contributed by atoms with van der Waals surface area (Å²) >= 11 is 1.25. The lowest BCUT2D eigenvalue weighted by atomic mass is 9.57. The number of carbonyl (C=O) groups excluding carboxylic acids is 2. The van der Waals surface area contributed by atoms with E-state index in [0.29, 0.717) is 15.8 Å². The third-order valence-corrected chi connectivity index (χ3v) is 7.35. The van der Waals surface area contributed by atoms with Gasteiger partial charge in [-0.2, -0.15) is 0 Å². The monoisotopic (exact) mass is 416 g/mol. The molecule has 1 aromatic carbocycles. The zero-order chi connectivity index (χ0) is 20.9. The number of halogens is 1. The molecule has 4 rings (SSSR count). The minimum Gasteiger partial charge on any atom is -0.377 e.